The molecule has 0 unspecified atom stereocenters. The van der Waals surface area contributed by atoms with E-state index in [9.17, 15) is 9.32 Å². The van der Waals surface area contributed by atoms with E-state index in [1.807, 2.05) is 24.3 Å². The Morgan fingerprint density at radius 3 is 2.90 bits per heavy atom. The van der Waals surface area contributed by atoms with Crippen molar-refractivity contribution in [1.29, 1.82) is 0 Å². The first-order valence-electron chi connectivity index (χ1n) is 9.39. The first kappa shape index (κ1) is 19.7. The summed E-state index contributed by atoms with van der Waals surface area (Å²) in [4.78, 5) is 14.7. The number of rotatable bonds is 4. The number of aliphatic hydroxyl groups is 1. The molecule has 4 rings (SSSR count). The number of para-hydroxylation sites is 2. The molecule has 0 spiro atoms. The largest absolute Gasteiger partial charge is 0.394 e. The number of nitrogens with one attached hydrogen (secondary N) is 1. The first-order chi connectivity index (χ1) is 13.9. The lowest BCUT2D eigenvalue weighted by Crippen LogP contribution is -2.45. The smallest absolute Gasteiger partial charge is 0.386 e. The third kappa shape index (κ3) is 4.09. The van der Waals surface area contributed by atoms with Gasteiger partial charge in [-0.2, -0.15) is 8.93 Å². The third-order valence-corrected chi connectivity index (χ3v) is 5.33. The molecule has 0 bridgehead atoms. The SMILES string of the molecule is C[C@@H]1COCCN1c1cc(N=S(C)(C)=O)nc(-[n+]2c(CO)[nH]c3ccccc32)n1. The predicted molar refractivity (Wildman–Crippen MR) is 111 cm³/mol. The van der Waals surface area contributed by atoms with Gasteiger partial charge in [-0.15, -0.1) is 0 Å². The van der Waals surface area contributed by atoms with Crippen molar-refractivity contribution in [3.05, 3.63) is 36.2 Å². The quantitative estimate of drug-likeness (QED) is 0.620. The van der Waals surface area contributed by atoms with Gasteiger partial charge in [0.05, 0.1) is 25.3 Å². The molecule has 1 saturated heterocycles. The second kappa shape index (κ2) is 7.69. The molecule has 9 nitrogen and oxygen atoms in total. The number of ether oxygens (including phenoxy) is 1. The second-order valence-corrected chi connectivity index (χ2v) is 9.90. The van der Waals surface area contributed by atoms with Crippen LogP contribution in [-0.2, 0) is 21.1 Å². The summed E-state index contributed by atoms with van der Waals surface area (Å²) in [5, 5.41) is 9.89. The molecule has 0 amide bonds. The van der Waals surface area contributed by atoms with Crippen LogP contribution in [0.25, 0.3) is 17.0 Å². The zero-order valence-electron chi connectivity index (χ0n) is 16.7. The van der Waals surface area contributed by atoms with E-state index in [1.54, 1.807) is 23.1 Å². The topological polar surface area (TPSA) is 108 Å². The van der Waals surface area contributed by atoms with Gasteiger partial charge in [0.25, 0.3) is 0 Å². The number of anilines is 1. The molecule has 10 heteroatoms. The van der Waals surface area contributed by atoms with Crippen LogP contribution in [0.4, 0.5) is 11.6 Å². The minimum absolute atomic E-state index is 0.136. The normalized spacial score (nSPS) is 17.7. The van der Waals surface area contributed by atoms with Gasteiger partial charge in [-0.05, 0) is 19.1 Å². The summed E-state index contributed by atoms with van der Waals surface area (Å²) in [5.41, 5.74) is 1.70. The van der Waals surface area contributed by atoms with E-state index >= 15 is 0 Å². The number of fused-ring (bicyclic) bond motifs is 1. The number of hydrogen-bond acceptors (Lipinski definition) is 7. The van der Waals surface area contributed by atoms with Crippen LogP contribution in [0.15, 0.2) is 34.7 Å². The van der Waals surface area contributed by atoms with E-state index in [2.05, 4.69) is 26.2 Å². The second-order valence-electron chi connectivity index (χ2n) is 7.36. The number of H-pyrrole nitrogens is 1. The molecule has 29 heavy (non-hydrogen) atoms. The van der Waals surface area contributed by atoms with E-state index in [0.717, 1.165) is 11.0 Å². The molecule has 2 N–H and O–H groups in total. The lowest BCUT2D eigenvalue weighted by atomic mass is 10.2. The number of hydrogen-bond donors (Lipinski definition) is 2. The summed E-state index contributed by atoms with van der Waals surface area (Å²) in [6.07, 6.45) is 3.15. The van der Waals surface area contributed by atoms with Crippen LogP contribution in [-0.4, -0.2) is 62.6 Å². The fourth-order valence-corrected chi connectivity index (χ4v) is 4.01. The molecular weight excluding hydrogens is 392 g/mol. The van der Waals surface area contributed by atoms with Gasteiger partial charge in [0, 0.05) is 28.8 Å². The van der Waals surface area contributed by atoms with Gasteiger partial charge in [0.15, 0.2) is 5.82 Å². The summed E-state index contributed by atoms with van der Waals surface area (Å²) < 4.78 is 24.0. The fraction of sp³-hybridized carbons (Fsp3) is 0.421. The van der Waals surface area contributed by atoms with Crippen molar-refractivity contribution < 1.29 is 18.6 Å². The van der Waals surface area contributed by atoms with Crippen molar-refractivity contribution in [2.45, 2.75) is 19.6 Å². The van der Waals surface area contributed by atoms with Crippen LogP contribution in [0, 0.1) is 0 Å². The molecule has 3 aromatic rings. The van der Waals surface area contributed by atoms with E-state index in [-0.39, 0.29) is 12.6 Å². The van der Waals surface area contributed by atoms with E-state index < -0.39 is 9.73 Å². The highest BCUT2D eigenvalue weighted by atomic mass is 32.2. The van der Waals surface area contributed by atoms with Crippen molar-refractivity contribution in [2.24, 2.45) is 4.36 Å². The number of nitrogens with zero attached hydrogens (tertiary/aromatic N) is 5. The fourth-order valence-electron chi connectivity index (χ4n) is 3.47. The lowest BCUT2D eigenvalue weighted by Gasteiger charge is -2.33. The Hall–Kier alpha value is -2.56. The van der Waals surface area contributed by atoms with Crippen molar-refractivity contribution in [1.82, 2.24) is 15.0 Å². The third-order valence-electron chi connectivity index (χ3n) is 4.71. The summed E-state index contributed by atoms with van der Waals surface area (Å²) >= 11 is 0. The molecule has 1 aliphatic rings. The number of aromatic nitrogens is 4. The molecule has 3 heterocycles. The van der Waals surface area contributed by atoms with Crippen molar-refractivity contribution in [2.75, 3.05) is 37.2 Å². The van der Waals surface area contributed by atoms with Crippen LogP contribution >= 0.6 is 0 Å². The van der Waals surface area contributed by atoms with Crippen LogP contribution in [0.2, 0.25) is 0 Å². The molecule has 1 fully saturated rings. The van der Waals surface area contributed by atoms with Gasteiger partial charge in [0.2, 0.25) is 11.6 Å². The van der Waals surface area contributed by atoms with Gasteiger partial charge in [-0.1, -0.05) is 22.1 Å². The molecule has 1 aromatic carbocycles. The predicted octanol–water partition coefficient (Wildman–Crippen LogP) is 1.31. The summed E-state index contributed by atoms with van der Waals surface area (Å²) in [6, 6.07) is 9.58. The number of aromatic amines is 1. The van der Waals surface area contributed by atoms with E-state index in [4.69, 9.17) is 9.72 Å². The molecule has 1 atom stereocenters. The number of morpholine rings is 1. The Bertz CT molecular complexity index is 1160. The molecular formula is C19H25N6O3S+. The number of aliphatic hydroxyl groups excluding tert-OH is 1. The average Bonchev–Trinajstić information content (AvgIpc) is 3.05. The van der Waals surface area contributed by atoms with Gasteiger partial charge in [0.1, 0.15) is 17.6 Å². The van der Waals surface area contributed by atoms with Gasteiger partial charge in [-0.25, -0.2) is 4.21 Å². The van der Waals surface area contributed by atoms with Crippen molar-refractivity contribution in [3.63, 3.8) is 0 Å². The Balaban J connectivity index is 1.95. The zero-order chi connectivity index (χ0) is 20.6. The summed E-state index contributed by atoms with van der Waals surface area (Å²) in [6.45, 7) is 3.76. The summed E-state index contributed by atoms with van der Waals surface area (Å²) in [7, 11) is -2.41. The lowest BCUT2D eigenvalue weighted by molar-refractivity contribution is -0.586. The maximum absolute atomic E-state index is 12.3. The molecule has 0 radical (unpaired) electrons. The van der Waals surface area contributed by atoms with E-state index in [1.165, 1.54) is 0 Å². The monoisotopic (exact) mass is 417 g/mol. The van der Waals surface area contributed by atoms with Gasteiger partial charge in [-0.3, -0.25) is 4.98 Å². The Labute approximate surface area is 169 Å². The molecule has 0 saturated carbocycles. The van der Waals surface area contributed by atoms with Crippen molar-refractivity contribution >= 4 is 32.4 Å². The van der Waals surface area contributed by atoms with Crippen LogP contribution in [0.3, 0.4) is 0 Å². The standard InChI is InChI=1S/C19H24N6O3S/c1-13-12-28-9-8-24(13)17-10-16(23-29(2,3)27)21-19(22-17)25-15-7-5-4-6-14(15)20-18(25)11-26/h4-7,10,13,26H,8-9,11-12H2,1-3H3/p+1/t13-/m1/s1. The maximum Gasteiger partial charge on any atom is 0.394 e. The Morgan fingerprint density at radius 1 is 1.38 bits per heavy atom. The number of benzene rings is 1. The summed E-state index contributed by atoms with van der Waals surface area (Å²) in [5.74, 6) is 1.96. The highest BCUT2D eigenvalue weighted by Gasteiger charge is 2.27. The van der Waals surface area contributed by atoms with Crippen molar-refractivity contribution in [3.8, 4) is 5.95 Å². The maximum atomic E-state index is 12.3. The first-order valence-corrected chi connectivity index (χ1v) is 11.7. The van der Waals surface area contributed by atoms with Gasteiger partial charge < -0.3 is 14.7 Å². The van der Waals surface area contributed by atoms with Crippen LogP contribution < -0.4 is 9.47 Å². The van der Waals surface area contributed by atoms with E-state index in [0.29, 0.717) is 43.2 Å². The Morgan fingerprint density at radius 2 is 2.17 bits per heavy atom. The molecule has 154 valence electrons. The van der Waals surface area contributed by atoms with Gasteiger partial charge >= 0.3 is 5.95 Å². The zero-order valence-corrected chi connectivity index (χ0v) is 17.5. The minimum atomic E-state index is -2.41. The van der Waals surface area contributed by atoms with Crippen LogP contribution in [0.1, 0.15) is 12.7 Å². The highest BCUT2D eigenvalue weighted by Crippen LogP contribution is 2.23. The average molecular weight is 418 g/mol. The molecule has 0 aliphatic carbocycles. The molecule has 2 aromatic heterocycles. The number of imidazole rings is 1. The highest BCUT2D eigenvalue weighted by molar-refractivity contribution is 7.92. The molecule has 1 aliphatic heterocycles. The minimum Gasteiger partial charge on any atom is -0.386 e. The Kier molecular flexibility index (Phi) is 5.24. The van der Waals surface area contributed by atoms with Crippen LogP contribution in [0.5, 0.6) is 0 Å².